The predicted molar refractivity (Wildman–Crippen MR) is 60.4 cm³/mol. The lowest BCUT2D eigenvalue weighted by Gasteiger charge is -2.11. The lowest BCUT2D eigenvalue weighted by Crippen LogP contribution is -2.14. The smallest absolute Gasteiger partial charge is 0.0948 e. The summed E-state index contributed by atoms with van der Waals surface area (Å²) in [6, 6.07) is 0. The second kappa shape index (κ2) is 4.84. The molecule has 0 saturated carbocycles. The molecular weight excluding hydrogens is 194 g/mol. The summed E-state index contributed by atoms with van der Waals surface area (Å²) in [5.74, 6) is 3.47. The first-order chi connectivity index (χ1) is 6.90. The highest BCUT2D eigenvalue weighted by molar-refractivity contribution is 7.99. The van der Waals surface area contributed by atoms with Gasteiger partial charge in [-0.15, -0.1) is 0 Å². The average molecular weight is 211 g/mol. The molecule has 1 aromatic heterocycles. The number of hydrogen-bond acceptors (Lipinski definition) is 3. The van der Waals surface area contributed by atoms with Gasteiger partial charge in [-0.25, -0.2) is 4.98 Å². The largest absolute Gasteiger partial charge is 0.334 e. The minimum Gasteiger partial charge on any atom is -0.334 e. The number of imidazole rings is 1. The molecule has 0 bridgehead atoms. The summed E-state index contributed by atoms with van der Waals surface area (Å²) in [5, 5.41) is 0. The van der Waals surface area contributed by atoms with Gasteiger partial charge in [-0.3, -0.25) is 0 Å². The Morgan fingerprint density at radius 3 is 3.29 bits per heavy atom. The van der Waals surface area contributed by atoms with Crippen molar-refractivity contribution in [3.8, 4) is 0 Å². The van der Waals surface area contributed by atoms with Crippen LogP contribution in [0, 0.1) is 5.92 Å². The Kier molecular flexibility index (Phi) is 3.48. The zero-order chi connectivity index (χ0) is 9.80. The van der Waals surface area contributed by atoms with Gasteiger partial charge in [-0.1, -0.05) is 0 Å². The number of thioether (sulfide) groups is 1. The van der Waals surface area contributed by atoms with Gasteiger partial charge in [-0.2, -0.15) is 11.8 Å². The number of hydrogen-bond donors (Lipinski definition) is 1. The molecular formula is C10H17N3S. The van der Waals surface area contributed by atoms with Gasteiger partial charge in [0, 0.05) is 24.9 Å². The minimum atomic E-state index is 0.713. The topological polar surface area (TPSA) is 43.8 Å². The third-order valence-electron chi connectivity index (χ3n) is 2.68. The van der Waals surface area contributed by atoms with Crippen LogP contribution >= 0.6 is 11.8 Å². The molecule has 0 aromatic carbocycles. The molecule has 3 nitrogen and oxygen atoms in total. The minimum absolute atomic E-state index is 0.713. The van der Waals surface area contributed by atoms with E-state index in [0.717, 1.165) is 18.9 Å². The zero-order valence-corrected chi connectivity index (χ0v) is 9.17. The van der Waals surface area contributed by atoms with Gasteiger partial charge in [0.2, 0.25) is 0 Å². The van der Waals surface area contributed by atoms with E-state index in [1.54, 1.807) is 0 Å². The fraction of sp³-hybridized carbons (Fsp3) is 0.700. The van der Waals surface area contributed by atoms with E-state index in [2.05, 4.69) is 21.3 Å². The van der Waals surface area contributed by atoms with E-state index >= 15 is 0 Å². The second-order valence-corrected chi connectivity index (χ2v) is 4.96. The van der Waals surface area contributed by atoms with Crippen molar-refractivity contribution in [2.75, 3.05) is 18.1 Å². The van der Waals surface area contributed by atoms with Crippen molar-refractivity contribution < 1.29 is 0 Å². The number of aromatic nitrogens is 2. The molecule has 1 aromatic rings. The molecule has 1 unspecified atom stereocenters. The number of nitrogens with two attached hydrogens (primary N) is 1. The quantitative estimate of drug-likeness (QED) is 0.812. The van der Waals surface area contributed by atoms with E-state index in [1.165, 1.54) is 23.6 Å². The molecule has 1 aliphatic rings. The molecule has 1 atom stereocenters. The van der Waals surface area contributed by atoms with E-state index in [-0.39, 0.29) is 0 Å². The SMILES string of the molecule is NCCc1cncn1CC1CCSC1. The fourth-order valence-corrected chi connectivity index (χ4v) is 3.15. The second-order valence-electron chi connectivity index (χ2n) is 3.81. The molecule has 2 N–H and O–H groups in total. The zero-order valence-electron chi connectivity index (χ0n) is 8.35. The average Bonchev–Trinajstić information content (AvgIpc) is 2.80. The molecule has 2 rings (SSSR count). The lowest BCUT2D eigenvalue weighted by atomic mass is 10.1. The van der Waals surface area contributed by atoms with E-state index in [0.29, 0.717) is 6.54 Å². The third-order valence-corrected chi connectivity index (χ3v) is 3.91. The van der Waals surface area contributed by atoms with Crippen molar-refractivity contribution in [2.45, 2.75) is 19.4 Å². The van der Waals surface area contributed by atoms with Crippen LogP contribution in [0.15, 0.2) is 12.5 Å². The Morgan fingerprint density at radius 2 is 2.57 bits per heavy atom. The summed E-state index contributed by atoms with van der Waals surface area (Å²) >= 11 is 2.06. The first-order valence-electron chi connectivity index (χ1n) is 5.17. The molecule has 1 saturated heterocycles. The van der Waals surface area contributed by atoms with Crippen molar-refractivity contribution in [2.24, 2.45) is 11.7 Å². The number of rotatable bonds is 4. The summed E-state index contributed by atoms with van der Waals surface area (Å²) in [6.45, 7) is 1.84. The Balaban J connectivity index is 1.96. The van der Waals surface area contributed by atoms with Crippen molar-refractivity contribution in [3.63, 3.8) is 0 Å². The van der Waals surface area contributed by atoms with Gasteiger partial charge in [0.25, 0.3) is 0 Å². The summed E-state index contributed by atoms with van der Waals surface area (Å²) in [4.78, 5) is 4.18. The van der Waals surface area contributed by atoms with Gasteiger partial charge < -0.3 is 10.3 Å². The molecule has 1 aliphatic heterocycles. The summed E-state index contributed by atoms with van der Waals surface area (Å²) in [5.41, 5.74) is 6.83. The monoisotopic (exact) mass is 211 g/mol. The molecule has 0 amide bonds. The standard InChI is InChI=1S/C10H17N3S/c11-3-1-10-5-12-8-13(10)6-9-2-4-14-7-9/h5,8-9H,1-4,6-7,11H2. The Labute approximate surface area is 89.1 Å². The molecule has 0 radical (unpaired) electrons. The van der Waals surface area contributed by atoms with Crippen LogP contribution in [0.5, 0.6) is 0 Å². The highest BCUT2D eigenvalue weighted by Gasteiger charge is 2.16. The van der Waals surface area contributed by atoms with E-state index in [9.17, 15) is 0 Å². The number of nitrogens with zero attached hydrogens (tertiary/aromatic N) is 2. The first-order valence-corrected chi connectivity index (χ1v) is 6.32. The molecule has 0 aliphatic carbocycles. The van der Waals surface area contributed by atoms with Gasteiger partial charge in [-0.05, 0) is 30.4 Å². The normalized spacial score (nSPS) is 21.6. The summed E-state index contributed by atoms with van der Waals surface area (Å²) in [6.07, 6.45) is 6.17. The van der Waals surface area contributed by atoms with Crippen molar-refractivity contribution in [3.05, 3.63) is 18.2 Å². The Morgan fingerprint density at radius 1 is 1.64 bits per heavy atom. The van der Waals surface area contributed by atoms with Crippen LogP contribution in [0.1, 0.15) is 12.1 Å². The van der Waals surface area contributed by atoms with Crippen molar-refractivity contribution in [1.29, 1.82) is 0 Å². The molecule has 1 fully saturated rings. The molecule has 2 heterocycles. The maximum atomic E-state index is 5.55. The highest BCUT2D eigenvalue weighted by Crippen LogP contribution is 2.25. The van der Waals surface area contributed by atoms with Gasteiger partial charge in [0.1, 0.15) is 0 Å². The van der Waals surface area contributed by atoms with E-state index < -0.39 is 0 Å². The van der Waals surface area contributed by atoms with Gasteiger partial charge in [0.05, 0.1) is 6.33 Å². The van der Waals surface area contributed by atoms with Crippen LogP contribution in [-0.2, 0) is 13.0 Å². The molecule has 4 heteroatoms. The van der Waals surface area contributed by atoms with E-state index in [4.69, 9.17) is 5.73 Å². The Bertz CT molecular complexity index is 279. The predicted octanol–water partition coefficient (Wildman–Crippen LogP) is 1.14. The fourth-order valence-electron chi connectivity index (χ4n) is 1.87. The highest BCUT2D eigenvalue weighted by atomic mass is 32.2. The van der Waals surface area contributed by atoms with Crippen LogP contribution in [0.25, 0.3) is 0 Å². The Hall–Kier alpha value is -0.480. The maximum absolute atomic E-state index is 5.55. The summed E-state index contributed by atoms with van der Waals surface area (Å²) in [7, 11) is 0. The van der Waals surface area contributed by atoms with Gasteiger partial charge >= 0.3 is 0 Å². The molecule has 0 spiro atoms. The lowest BCUT2D eigenvalue weighted by molar-refractivity contribution is 0.482. The van der Waals surface area contributed by atoms with Crippen LogP contribution in [0.3, 0.4) is 0 Å². The van der Waals surface area contributed by atoms with Crippen LogP contribution in [-0.4, -0.2) is 27.6 Å². The molecule has 14 heavy (non-hydrogen) atoms. The van der Waals surface area contributed by atoms with Gasteiger partial charge in [0.15, 0.2) is 0 Å². The van der Waals surface area contributed by atoms with Crippen molar-refractivity contribution in [1.82, 2.24) is 9.55 Å². The van der Waals surface area contributed by atoms with Crippen molar-refractivity contribution >= 4 is 11.8 Å². The summed E-state index contributed by atoms with van der Waals surface area (Å²) < 4.78 is 2.27. The maximum Gasteiger partial charge on any atom is 0.0948 e. The van der Waals surface area contributed by atoms with Crippen LogP contribution in [0.4, 0.5) is 0 Å². The first kappa shape index (κ1) is 10.1. The van der Waals surface area contributed by atoms with Crippen LogP contribution in [0.2, 0.25) is 0 Å². The molecule has 78 valence electrons. The van der Waals surface area contributed by atoms with E-state index in [1.807, 2.05) is 12.5 Å². The third kappa shape index (κ3) is 2.30. The van der Waals surface area contributed by atoms with Crippen LogP contribution < -0.4 is 5.73 Å².